The Morgan fingerprint density at radius 3 is 2.94 bits per heavy atom. The molecule has 0 aliphatic heterocycles. The minimum atomic E-state index is -0.0649. The summed E-state index contributed by atoms with van der Waals surface area (Å²) in [4.78, 5) is 11.4. The Kier molecular flexibility index (Phi) is 6.70. The van der Waals surface area contributed by atoms with Crippen molar-refractivity contribution in [1.82, 2.24) is 10.6 Å². The fraction of sp³-hybridized carbons (Fsp3) is 0.417. The van der Waals surface area contributed by atoms with Gasteiger partial charge in [-0.15, -0.1) is 0 Å². The number of hydrogen-bond donors (Lipinski definition) is 3. The van der Waals surface area contributed by atoms with Gasteiger partial charge in [0, 0.05) is 20.2 Å². The van der Waals surface area contributed by atoms with Crippen LogP contribution in [0, 0.1) is 0 Å². The first-order valence-electron chi connectivity index (χ1n) is 5.57. The Morgan fingerprint density at radius 1 is 1.50 bits per heavy atom. The lowest BCUT2D eigenvalue weighted by Gasteiger charge is -2.07. The maximum atomic E-state index is 11.4. The van der Waals surface area contributed by atoms with Gasteiger partial charge in [-0.2, -0.15) is 0 Å². The number of phenols is 1. The number of aromatic hydroxyl groups is 1. The van der Waals surface area contributed by atoms with Crippen molar-refractivity contribution >= 4 is 21.8 Å². The van der Waals surface area contributed by atoms with Crippen LogP contribution in [-0.2, 0) is 16.1 Å². The first-order chi connectivity index (χ1) is 8.63. The summed E-state index contributed by atoms with van der Waals surface area (Å²) in [5.41, 5.74) is 0.990. The lowest BCUT2D eigenvalue weighted by Crippen LogP contribution is -2.35. The van der Waals surface area contributed by atoms with Crippen LogP contribution in [-0.4, -0.2) is 37.8 Å². The van der Waals surface area contributed by atoms with Crippen molar-refractivity contribution in [2.75, 3.05) is 26.8 Å². The average Bonchev–Trinajstić information content (AvgIpc) is 2.34. The SMILES string of the molecule is COCCNC(=O)CNCc1ccc(O)c(Br)c1. The number of amides is 1. The highest BCUT2D eigenvalue weighted by Gasteiger charge is 2.02. The first-order valence-corrected chi connectivity index (χ1v) is 6.36. The van der Waals surface area contributed by atoms with Crippen molar-refractivity contribution in [3.63, 3.8) is 0 Å². The van der Waals surface area contributed by atoms with Gasteiger partial charge in [0.15, 0.2) is 0 Å². The molecule has 1 amide bonds. The number of benzene rings is 1. The summed E-state index contributed by atoms with van der Waals surface area (Å²) < 4.78 is 5.47. The summed E-state index contributed by atoms with van der Waals surface area (Å²) in [6.07, 6.45) is 0. The number of rotatable bonds is 7. The molecule has 18 heavy (non-hydrogen) atoms. The maximum absolute atomic E-state index is 11.4. The number of carbonyl (C=O) groups is 1. The van der Waals surface area contributed by atoms with E-state index in [2.05, 4.69) is 26.6 Å². The van der Waals surface area contributed by atoms with E-state index >= 15 is 0 Å². The van der Waals surface area contributed by atoms with E-state index in [0.717, 1.165) is 5.56 Å². The second kappa shape index (κ2) is 8.07. The second-order valence-electron chi connectivity index (χ2n) is 3.73. The van der Waals surface area contributed by atoms with Gasteiger partial charge in [-0.25, -0.2) is 0 Å². The van der Waals surface area contributed by atoms with Gasteiger partial charge < -0.3 is 20.5 Å². The van der Waals surface area contributed by atoms with Gasteiger partial charge in [-0.1, -0.05) is 6.07 Å². The van der Waals surface area contributed by atoms with Crippen molar-refractivity contribution in [2.24, 2.45) is 0 Å². The quantitative estimate of drug-likeness (QED) is 0.657. The molecule has 0 spiro atoms. The summed E-state index contributed by atoms with van der Waals surface area (Å²) in [7, 11) is 1.59. The molecule has 0 aromatic heterocycles. The standard InChI is InChI=1S/C12H17BrN2O3/c1-18-5-4-15-12(17)8-14-7-9-2-3-11(16)10(13)6-9/h2-3,6,14,16H,4-5,7-8H2,1H3,(H,15,17). The smallest absolute Gasteiger partial charge is 0.234 e. The molecule has 1 aromatic rings. The lowest BCUT2D eigenvalue weighted by atomic mass is 10.2. The zero-order valence-electron chi connectivity index (χ0n) is 10.2. The van der Waals surface area contributed by atoms with Crippen LogP contribution in [0.4, 0.5) is 0 Å². The van der Waals surface area contributed by atoms with Crippen LogP contribution >= 0.6 is 15.9 Å². The van der Waals surface area contributed by atoms with Crippen LogP contribution in [0.25, 0.3) is 0 Å². The van der Waals surface area contributed by atoms with E-state index in [9.17, 15) is 9.90 Å². The Balaban J connectivity index is 2.24. The summed E-state index contributed by atoms with van der Waals surface area (Å²) in [6.45, 7) is 1.84. The Bertz CT molecular complexity index is 399. The molecular weight excluding hydrogens is 300 g/mol. The fourth-order valence-electron chi connectivity index (χ4n) is 1.34. The molecule has 0 aliphatic carbocycles. The van der Waals surface area contributed by atoms with Crippen molar-refractivity contribution in [3.05, 3.63) is 28.2 Å². The van der Waals surface area contributed by atoms with E-state index in [4.69, 9.17) is 4.74 Å². The van der Waals surface area contributed by atoms with Crippen LogP contribution in [0.15, 0.2) is 22.7 Å². The van der Waals surface area contributed by atoms with E-state index < -0.39 is 0 Å². The van der Waals surface area contributed by atoms with Crippen molar-refractivity contribution in [3.8, 4) is 5.75 Å². The molecule has 6 heteroatoms. The number of nitrogens with one attached hydrogen (secondary N) is 2. The van der Waals surface area contributed by atoms with Gasteiger partial charge in [0.2, 0.25) is 5.91 Å². The van der Waals surface area contributed by atoms with Crippen LogP contribution in [0.5, 0.6) is 5.75 Å². The Hall–Kier alpha value is -1.11. The van der Waals surface area contributed by atoms with Crippen molar-refractivity contribution < 1.29 is 14.6 Å². The normalized spacial score (nSPS) is 10.3. The molecule has 3 N–H and O–H groups in total. The predicted octanol–water partition coefficient (Wildman–Crippen LogP) is 1.01. The van der Waals surface area contributed by atoms with Gasteiger partial charge in [0.05, 0.1) is 17.6 Å². The van der Waals surface area contributed by atoms with Gasteiger partial charge >= 0.3 is 0 Å². The highest BCUT2D eigenvalue weighted by molar-refractivity contribution is 9.10. The molecule has 100 valence electrons. The van der Waals surface area contributed by atoms with E-state index in [1.54, 1.807) is 19.2 Å². The van der Waals surface area contributed by atoms with Crippen LogP contribution in [0.2, 0.25) is 0 Å². The molecule has 0 radical (unpaired) electrons. The summed E-state index contributed by atoms with van der Waals surface area (Å²) in [6, 6.07) is 5.22. The molecule has 0 aliphatic rings. The summed E-state index contributed by atoms with van der Waals surface area (Å²) in [5, 5.41) is 15.1. The van der Waals surface area contributed by atoms with Crippen LogP contribution in [0.3, 0.4) is 0 Å². The van der Waals surface area contributed by atoms with Crippen LogP contribution in [0.1, 0.15) is 5.56 Å². The third-order valence-electron chi connectivity index (χ3n) is 2.26. The minimum Gasteiger partial charge on any atom is -0.507 e. The molecule has 0 fully saturated rings. The number of phenolic OH excluding ortho intramolecular Hbond substituents is 1. The zero-order chi connectivity index (χ0) is 13.4. The number of carbonyl (C=O) groups excluding carboxylic acids is 1. The summed E-state index contributed by atoms with van der Waals surface area (Å²) in [5.74, 6) is 0.140. The molecule has 1 rings (SSSR count). The second-order valence-corrected chi connectivity index (χ2v) is 4.59. The van der Waals surface area contributed by atoms with Gasteiger partial charge in [-0.05, 0) is 33.6 Å². The molecule has 0 unspecified atom stereocenters. The average molecular weight is 317 g/mol. The minimum absolute atomic E-state index is 0.0649. The predicted molar refractivity (Wildman–Crippen MR) is 72.4 cm³/mol. The Labute approximate surface area is 115 Å². The number of hydrogen-bond acceptors (Lipinski definition) is 4. The van der Waals surface area contributed by atoms with Gasteiger partial charge in [0.25, 0.3) is 0 Å². The molecule has 1 aromatic carbocycles. The highest BCUT2D eigenvalue weighted by atomic mass is 79.9. The molecule has 0 atom stereocenters. The maximum Gasteiger partial charge on any atom is 0.234 e. The van der Waals surface area contributed by atoms with Crippen LogP contribution < -0.4 is 10.6 Å². The van der Waals surface area contributed by atoms with Crippen molar-refractivity contribution in [2.45, 2.75) is 6.54 Å². The summed E-state index contributed by atoms with van der Waals surface area (Å²) >= 11 is 3.24. The molecular formula is C12H17BrN2O3. The molecule has 0 heterocycles. The monoisotopic (exact) mass is 316 g/mol. The van der Waals surface area contributed by atoms with E-state index in [0.29, 0.717) is 24.2 Å². The van der Waals surface area contributed by atoms with E-state index in [1.165, 1.54) is 0 Å². The number of methoxy groups -OCH3 is 1. The van der Waals surface area contributed by atoms with Crippen molar-refractivity contribution in [1.29, 1.82) is 0 Å². The largest absolute Gasteiger partial charge is 0.507 e. The lowest BCUT2D eigenvalue weighted by molar-refractivity contribution is -0.120. The highest BCUT2D eigenvalue weighted by Crippen LogP contribution is 2.23. The zero-order valence-corrected chi connectivity index (χ0v) is 11.8. The third-order valence-corrected chi connectivity index (χ3v) is 2.89. The Morgan fingerprint density at radius 2 is 2.28 bits per heavy atom. The van der Waals surface area contributed by atoms with E-state index in [1.807, 2.05) is 6.07 Å². The van der Waals surface area contributed by atoms with Gasteiger partial charge in [0.1, 0.15) is 5.75 Å². The molecule has 0 bridgehead atoms. The third kappa shape index (κ3) is 5.48. The molecule has 0 saturated heterocycles. The first kappa shape index (κ1) is 14.9. The molecule has 5 nitrogen and oxygen atoms in total. The molecule has 0 saturated carbocycles. The number of halogens is 1. The topological polar surface area (TPSA) is 70.6 Å². The van der Waals surface area contributed by atoms with E-state index in [-0.39, 0.29) is 18.2 Å². The fourth-order valence-corrected chi connectivity index (χ4v) is 1.76. The number of ether oxygens (including phenoxy) is 1. The van der Waals surface area contributed by atoms with Gasteiger partial charge in [-0.3, -0.25) is 4.79 Å².